The highest BCUT2D eigenvalue weighted by Crippen LogP contribution is 2.16. The molecule has 1 fully saturated rings. The summed E-state index contributed by atoms with van der Waals surface area (Å²) in [6, 6.07) is 1.34. The predicted molar refractivity (Wildman–Crippen MR) is 67.9 cm³/mol. The topological polar surface area (TPSA) is 50.1 Å². The van der Waals surface area contributed by atoms with Gasteiger partial charge in [-0.05, 0) is 46.6 Å². The molecule has 0 aromatic carbocycles. The molecule has 4 nitrogen and oxygen atoms in total. The third-order valence-corrected chi connectivity index (χ3v) is 3.34. The molecule has 4 heteroatoms. The zero-order valence-corrected chi connectivity index (χ0v) is 11.0. The van der Waals surface area contributed by atoms with Crippen LogP contribution in [0.1, 0.15) is 50.8 Å². The molecule has 2 heterocycles. The number of hydrogen-bond donors (Lipinski definition) is 2. The summed E-state index contributed by atoms with van der Waals surface area (Å²) >= 11 is 0. The first-order valence-electron chi connectivity index (χ1n) is 6.57. The van der Waals surface area contributed by atoms with Crippen LogP contribution in [0.3, 0.4) is 0 Å². The summed E-state index contributed by atoms with van der Waals surface area (Å²) in [7, 11) is 0. The quantitative estimate of drug-likeness (QED) is 0.824. The van der Waals surface area contributed by atoms with Crippen molar-refractivity contribution in [3.63, 3.8) is 0 Å². The molecule has 0 aliphatic carbocycles. The van der Waals surface area contributed by atoms with Crippen LogP contribution >= 0.6 is 0 Å². The van der Waals surface area contributed by atoms with Gasteiger partial charge in [0.2, 0.25) is 5.89 Å². The zero-order chi connectivity index (χ0) is 12.3. The molecule has 1 aromatic rings. The second kappa shape index (κ2) is 5.65. The first kappa shape index (κ1) is 12.6. The van der Waals surface area contributed by atoms with Crippen molar-refractivity contribution in [1.82, 2.24) is 15.6 Å². The van der Waals surface area contributed by atoms with Crippen LogP contribution in [0.15, 0.2) is 10.6 Å². The molecule has 3 unspecified atom stereocenters. The van der Waals surface area contributed by atoms with Crippen LogP contribution in [0.4, 0.5) is 0 Å². The Morgan fingerprint density at radius 3 is 3.00 bits per heavy atom. The van der Waals surface area contributed by atoms with Gasteiger partial charge in [0.1, 0.15) is 5.76 Å². The molecule has 96 valence electrons. The van der Waals surface area contributed by atoms with Crippen molar-refractivity contribution in [2.24, 2.45) is 0 Å². The van der Waals surface area contributed by atoms with Gasteiger partial charge in [0, 0.05) is 12.1 Å². The van der Waals surface area contributed by atoms with Crippen molar-refractivity contribution in [1.29, 1.82) is 0 Å². The zero-order valence-electron chi connectivity index (χ0n) is 11.0. The summed E-state index contributed by atoms with van der Waals surface area (Å²) in [5, 5.41) is 7.07. The summed E-state index contributed by atoms with van der Waals surface area (Å²) < 4.78 is 5.53. The predicted octanol–water partition coefficient (Wildman–Crippen LogP) is 2.16. The lowest BCUT2D eigenvalue weighted by atomic mass is 10.1. The maximum atomic E-state index is 5.53. The van der Waals surface area contributed by atoms with Crippen LogP contribution < -0.4 is 10.6 Å². The number of aromatic nitrogens is 1. The first-order valence-corrected chi connectivity index (χ1v) is 6.57. The van der Waals surface area contributed by atoms with Crippen LogP contribution in [0, 0.1) is 6.92 Å². The van der Waals surface area contributed by atoms with Crippen LogP contribution in [0.2, 0.25) is 0 Å². The largest absolute Gasteiger partial charge is 0.444 e. The fourth-order valence-electron chi connectivity index (χ4n) is 2.52. The Morgan fingerprint density at radius 1 is 1.59 bits per heavy atom. The molecule has 1 saturated heterocycles. The smallest absolute Gasteiger partial charge is 0.211 e. The number of oxazole rings is 1. The highest BCUT2D eigenvalue weighted by Gasteiger charge is 2.19. The van der Waals surface area contributed by atoms with Crippen LogP contribution in [-0.2, 0) is 0 Å². The molecule has 17 heavy (non-hydrogen) atoms. The Hall–Kier alpha value is -0.870. The van der Waals surface area contributed by atoms with Gasteiger partial charge in [0.05, 0.1) is 12.2 Å². The maximum absolute atomic E-state index is 5.53. The normalized spacial score (nSPS) is 23.8. The lowest BCUT2D eigenvalue weighted by molar-refractivity contribution is 0.353. The fourth-order valence-corrected chi connectivity index (χ4v) is 2.52. The van der Waals surface area contributed by atoms with Gasteiger partial charge < -0.3 is 15.1 Å². The van der Waals surface area contributed by atoms with E-state index in [1.54, 1.807) is 6.20 Å². The van der Waals surface area contributed by atoms with E-state index < -0.39 is 0 Å². The molecule has 0 radical (unpaired) electrons. The van der Waals surface area contributed by atoms with E-state index >= 15 is 0 Å². The molecule has 3 atom stereocenters. The van der Waals surface area contributed by atoms with E-state index in [1.165, 1.54) is 25.8 Å². The van der Waals surface area contributed by atoms with E-state index in [0.717, 1.165) is 11.7 Å². The number of nitrogens with one attached hydrogen (secondary N) is 2. The molecule has 0 amide bonds. The van der Waals surface area contributed by atoms with Crippen LogP contribution in [-0.4, -0.2) is 23.6 Å². The van der Waals surface area contributed by atoms with E-state index in [1.807, 2.05) is 6.92 Å². The molecule has 2 rings (SSSR count). The van der Waals surface area contributed by atoms with Crippen molar-refractivity contribution in [3.05, 3.63) is 17.8 Å². The SMILES string of the molecule is Cc1cnc(C(C)NC(C)CC2CCCN2)o1. The molecule has 0 saturated carbocycles. The second-order valence-corrected chi connectivity index (χ2v) is 5.13. The van der Waals surface area contributed by atoms with Gasteiger partial charge in [0.15, 0.2) is 0 Å². The number of rotatable bonds is 5. The van der Waals surface area contributed by atoms with Crippen molar-refractivity contribution >= 4 is 0 Å². The summed E-state index contributed by atoms with van der Waals surface area (Å²) in [5.41, 5.74) is 0. The Morgan fingerprint density at radius 2 is 2.41 bits per heavy atom. The minimum Gasteiger partial charge on any atom is -0.444 e. The number of aryl methyl sites for hydroxylation is 1. The lowest BCUT2D eigenvalue weighted by Gasteiger charge is -2.21. The third-order valence-electron chi connectivity index (χ3n) is 3.34. The molecule has 1 aliphatic heterocycles. The maximum Gasteiger partial charge on any atom is 0.211 e. The van der Waals surface area contributed by atoms with Crippen LogP contribution in [0.5, 0.6) is 0 Å². The van der Waals surface area contributed by atoms with E-state index in [4.69, 9.17) is 4.42 Å². The average molecular weight is 237 g/mol. The molecular weight excluding hydrogens is 214 g/mol. The Labute approximate surface area is 103 Å². The number of hydrogen-bond acceptors (Lipinski definition) is 4. The minimum absolute atomic E-state index is 0.181. The monoisotopic (exact) mass is 237 g/mol. The average Bonchev–Trinajstić information content (AvgIpc) is 2.89. The van der Waals surface area contributed by atoms with Gasteiger partial charge in [-0.2, -0.15) is 0 Å². The summed E-state index contributed by atoms with van der Waals surface area (Å²) in [6.07, 6.45) is 5.56. The standard InChI is InChI=1S/C13H23N3O/c1-9(7-12-5-4-6-14-12)16-11(3)13-15-8-10(2)17-13/h8-9,11-12,14,16H,4-7H2,1-3H3. The van der Waals surface area contributed by atoms with Crippen molar-refractivity contribution in [2.45, 2.75) is 58.2 Å². The Kier molecular flexibility index (Phi) is 4.18. The molecular formula is C13H23N3O. The van der Waals surface area contributed by atoms with E-state index in [-0.39, 0.29) is 6.04 Å². The first-order chi connectivity index (χ1) is 8.15. The molecule has 1 aliphatic rings. The van der Waals surface area contributed by atoms with Gasteiger partial charge in [-0.25, -0.2) is 4.98 Å². The number of nitrogens with zero attached hydrogens (tertiary/aromatic N) is 1. The van der Waals surface area contributed by atoms with Crippen LogP contribution in [0.25, 0.3) is 0 Å². The van der Waals surface area contributed by atoms with Gasteiger partial charge in [-0.1, -0.05) is 0 Å². The van der Waals surface area contributed by atoms with E-state index in [9.17, 15) is 0 Å². The van der Waals surface area contributed by atoms with E-state index in [0.29, 0.717) is 12.1 Å². The van der Waals surface area contributed by atoms with Gasteiger partial charge in [0.25, 0.3) is 0 Å². The summed E-state index contributed by atoms with van der Waals surface area (Å²) in [5.74, 6) is 1.66. The highest BCUT2D eigenvalue weighted by atomic mass is 16.4. The van der Waals surface area contributed by atoms with Crippen molar-refractivity contribution < 1.29 is 4.42 Å². The lowest BCUT2D eigenvalue weighted by Crippen LogP contribution is -2.35. The summed E-state index contributed by atoms with van der Waals surface area (Å²) in [4.78, 5) is 4.26. The minimum atomic E-state index is 0.181. The van der Waals surface area contributed by atoms with E-state index in [2.05, 4.69) is 29.5 Å². The Bertz CT molecular complexity index is 344. The van der Waals surface area contributed by atoms with Crippen molar-refractivity contribution in [2.75, 3.05) is 6.54 Å². The Balaban J connectivity index is 1.79. The molecule has 2 N–H and O–H groups in total. The van der Waals surface area contributed by atoms with Crippen molar-refractivity contribution in [3.8, 4) is 0 Å². The molecule has 0 bridgehead atoms. The van der Waals surface area contributed by atoms with Gasteiger partial charge in [-0.3, -0.25) is 0 Å². The molecule has 0 spiro atoms. The van der Waals surface area contributed by atoms with Gasteiger partial charge in [-0.15, -0.1) is 0 Å². The second-order valence-electron chi connectivity index (χ2n) is 5.13. The fraction of sp³-hybridized carbons (Fsp3) is 0.769. The third kappa shape index (κ3) is 3.54. The molecule has 1 aromatic heterocycles. The van der Waals surface area contributed by atoms with Gasteiger partial charge >= 0.3 is 0 Å². The summed E-state index contributed by atoms with van der Waals surface area (Å²) in [6.45, 7) is 7.43. The highest BCUT2D eigenvalue weighted by molar-refractivity contribution is 4.95.